The molecular weight excluding hydrogens is 270 g/mol. The van der Waals surface area contributed by atoms with E-state index in [9.17, 15) is 9.90 Å². The van der Waals surface area contributed by atoms with Gasteiger partial charge in [-0.05, 0) is 25.7 Å². The number of carbonyl (C=O) groups is 1. The summed E-state index contributed by atoms with van der Waals surface area (Å²) in [6.45, 7) is -0.0615. The zero-order valence-electron chi connectivity index (χ0n) is 11.6. The van der Waals surface area contributed by atoms with Crippen LogP contribution in [0.15, 0.2) is 40.9 Å². The molecular formula is C16H17NO4. The number of aliphatic hydroxyl groups is 1. The molecule has 0 bridgehead atoms. The van der Waals surface area contributed by atoms with Crippen molar-refractivity contribution in [1.29, 1.82) is 0 Å². The second kappa shape index (κ2) is 5.69. The van der Waals surface area contributed by atoms with Gasteiger partial charge in [0.2, 0.25) is 5.89 Å². The van der Waals surface area contributed by atoms with Crippen molar-refractivity contribution in [2.75, 3.05) is 0 Å². The molecule has 0 spiro atoms. The largest absolute Gasteiger partial charge is 0.454 e. The van der Waals surface area contributed by atoms with E-state index in [1.165, 1.54) is 0 Å². The Morgan fingerprint density at radius 1 is 1.29 bits per heavy atom. The second-order valence-corrected chi connectivity index (χ2v) is 5.30. The van der Waals surface area contributed by atoms with Crippen molar-refractivity contribution in [1.82, 2.24) is 4.98 Å². The first-order valence-electron chi connectivity index (χ1n) is 7.07. The SMILES string of the molecule is O=C(OCc1ncc(-c2ccccc2)o1)C1(O)CCCC1. The number of rotatable bonds is 4. The molecule has 5 nitrogen and oxygen atoms in total. The minimum atomic E-state index is -1.32. The van der Waals surface area contributed by atoms with Gasteiger partial charge in [-0.2, -0.15) is 0 Å². The minimum absolute atomic E-state index is 0.0615. The Balaban J connectivity index is 1.62. The third kappa shape index (κ3) is 2.97. The third-order valence-electron chi connectivity index (χ3n) is 3.75. The first-order chi connectivity index (χ1) is 10.2. The average Bonchev–Trinajstić information content (AvgIpc) is 3.15. The molecule has 0 saturated heterocycles. The molecule has 0 unspecified atom stereocenters. The number of ether oxygens (including phenoxy) is 1. The highest BCUT2D eigenvalue weighted by atomic mass is 16.6. The number of benzene rings is 1. The van der Waals surface area contributed by atoms with Gasteiger partial charge in [0.15, 0.2) is 18.0 Å². The quantitative estimate of drug-likeness (QED) is 0.875. The van der Waals surface area contributed by atoms with Gasteiger partial charge in [0.25, 0.3) is 0 Å². The number of nitrogens with zero attached hydrogens (tertiary/aromatic N) is 1. The Kier molecular flexibility index (Phi) is 3.75. The molecule has 0 radical (unpaired) electrons. The smallest absolute Gasteiger partial charge is 0.338 e. The number of esters is 1. The van der Waals surface area contributed by atoms with Gasteiger partial charge in [0, 0.05) is 5.56 Å². The first kappa shape index (κ1) is 13.8. The molecule has 1 fully saturated rings. The summed E-state index contributed by atoms with van der Waals surface area (Å²) < 4.78 is 10.7. The van der Waals surface area contributed by atoms with Crippen LogP contribution >= 0.6 is 0 Å². The van der Waals surface area contributed by atoms with Crippen LogP contribution in [0.5, 0.6) is 0 Å². The molecule has 1 saturated carbocycles. The fourth-order valence-corrected chi connectivity index (χ4v) is 2.54. The van der Waals surface area contributed by atoms with Crippen molar-refractivity contribution >= 4 is 5.97 Å². The lowest BCUT2D eigenvalue weighted by molar-refractivity contribution is -0.166. The monoisotopic (exact) mass is 287 g/mol. The molecule has 0 amide bonds. The molecule has 1 heterocycles. The first-order valence-corrected chi connectivity index (χ1v) is 7.07. The average molecular weight is 287 g/mol. The van der Waals surface area contributed by atoms with Gasteiger partial charge in [-0.25, -0.2) is 9.78 Å². The van der Waals surface area contributed by atoms with Gasteiger partial charge in [-0.1, -0.05) is 30.3 Å². The summed E-state index contributed by atoms with van der Waals surface area (Å²) in [5.41, 5.74) is -0.411. The van der Waals surface area contributed by atoms with Crippen molar-refractivity contribution in [3.05, 3.63) is 42.4 Å². The lowest BCUT2D eigenvalue weighted by atomic mass is 10.0. The maximum Gasteiger partial charge on any atom is 0.338 e. The summed E-state index contributed by atoms with van der Waals surface area (Å²) in [5.74, 6) is 0.365. The van der Waals surface area contributed by atoms with Crippen LogP contribution in [0.25, 0.3) is 11.3 Å². The molecule has 1 N–H and O–H groups in total. The summed E-state index contributed by atoms with van der Waals surface area (Å²) >= 11 is 0. The van der Waals surface area contributed by atoms with Crippen molar-refractivity contribution in [3.8, 4) is 11.3 Å². The summed E-state index contributed by atoms with van der Waals surface area (Å²) in [5, 5.41) is 10.1. The Labute approximate surface area is 122 Å². The van der Waals surface area contributed by atoms with E-state index in [1.807, 2.05) is 30.3 Å². The van der Waals surface area contributed by atoms with E-state index in [0.29, 0.717) is 24.5 Å². The van der Waals surface area contributed by atoms with Crippen LogP contribution in [0, 0.1) is 0 Å². The van der Waals surface area contributed by atoms with Gasteiger partial charge < -0.3 is 14.3 Å². The topological polar surface area (TPSA) is 72.6 Å². The summed E-state index contributed by atoms with van der Waals surface area (Å²) in [7, 11) is 0. The second-order valence-electron chi connectivity index (χ2n) is 5.30. The van der Waals surface area contributed by atoms with Crippen molar-refractivity contribution in [2.45, 2.75) is 37.9 Å². The molecule has 5 heteroatoms. The van der Waals surface area contributed by atoms with E-state index in [4.69, 9.17) is 9.15 Å². The van der Waals surface area contributed by atoms with E-state index in [-0.39, 0.29) is 6.61 Å². The van der Waals surface area contributed by atoms with Crippen LogP contribution in [-0.2, 0) is 16.1 Å². The highest BCUT2D eigenvalue weighted by Crippen LogP contribution is 2.30. The number of hydrogen-bond acceptors (Lipinski definition) is 5. The fraction of sp³-hybridized carbons (Fsp3) is 0.375. The highest BCUT2D eigenvalue weighted by molar-refractivity contribution is 5.79. The standard InChI is InChI=1S/C16H17NO4/c18-15(16(19)8-4-5-9-16)20-11-14-17-10-13(21-14)12-6-2-1-3-7-12/h1-3,6-7,10,19H,4-5,8-9,11H2. The fourth-order valence-electron chi connectivity index (χ4n) is 2.54. The van der Waals surface area contributed by atoms with Crippen LogP contribution in [0.4, 0.5) is 0 Å². The van der Waals surface area contributed by atoms with Gasteiger partial charge in [0.05, 0.1) is 6.20 Å². The van der Waals surface area contributed by atoms with Crippen molar-refractivity contribution < 1.29 is 19.1 Å². The van der Waals surface area contributed by atoms with E-state index >= 15 is 0 Å². The molecule has 2 aromatic rings. The number of hydrogen-bond donors (Lipinski definition) is 1. The minimum Gasteiger partial charge on any atom is -0.454 e. The third-order valence-corrected chi connectivity index (χ3v) is 3.75. The summed E-state index contributed by atoms with van der Waals surface area (Å²) in [6, 6.07) is 9.57. The Morgan fingerprint density at radius 3 is 2.71 bits per heavy atom. The van der Waals surface area contributed by atoms with E-state index < -0.39 is 11.6 Å². The van der Waals surface area contributed by atoms with Crippen LogP contribution in [0.3, 0.4) is 0 Å². The summed E-state index contributed by atoms with van der Waals surface area (Å²) in [4.78, 5) is 16.0. The predicted octanol–water partition coefficient (Wildman–Crippen LogP) is 2.69. The van der Waals surface area contributed by atoms with Crippen molar-refractivity contribution in [3.63, 3.8) is 0 Å². The molecule has 1 aromatic carbocycles. The maximum atomic E-state index is 11.9. The Morgan fingerprint density at radius 2 is 2.00 bits per heavy atom. The van der Waals surface area contributed by atoms with Gasteiger partial charge in [-0.15, -0.1) is 0 Å². The zero-order valence-corrected chi connectivity index (χ0v) is 11.6. The number of oxazole rings is 1. The Hall–Kier alpha value is -2.14. The Bertz CT molecular complexity index is 614. The van der Waals surface area contributed by atoms with E-state index in [2.05, 4.69) is 4.98 Å². The molecule has 3 rings (SSSR count). The molecule has 110 valence electrons. The van der Waals surface area contributed by atoms with Gasteiger partial charge in [0.1, 0.15) is 0 Å². The lowest BCUT2D eigenvalue weighted by Gasteiger charge is -2.18. The molecule has 0 atom stereocenters. The van der Waals surface area contributed by atoms with Gasteiger partial charge in [-0.3, -0.25) is 0 Å². The van der Waals surface area contributed by atoms with E-state index in [1.54, 1.807) is 6.20 Å². The molecule has 1 aliphatic rings. The lowest BCUT2D eigenvalue weighted by Crippen LogP contribution is -2.36. The van der Waals surface area contributed by atoms with Crippen LogP contribution in [-0.4, -0.2) is 21.7 Å². The van der Waals surface area contributed by atoms with Gasteiger partial charge >= 0.3 is 5.97 Å². The maximum absolute atomic E-state index is 11.9. The van der Waals surface area contributed by atoms with Crippen LogP contribution < -0.4 is 0 Å². The van der Waals surface area contributed by atoms with Crippen LogP contribution in [0.1, 0.15) is 31.6 Å². The zero-order chi connectivity index (χ0) is 14.7. The van der Waals surface area contributed by atoms with E-state index in [0.717, 1.165) is 18.4 Å². The molecule has 21 heavy (non-hydrogen) atoms. The normalized spacial score (nSPS) is 16.8. The van der Waals surface area contributed by atoms with Crippen molar-refractivity contribution in [2.24, 2.45) is 0 Å². The summed E-state index contributed by atoms with van der Waals surface area (Å²) in [6.07, 6.45) is 4.23. The predicted molar refractivity (Wildman–Crippen MR) is 75.2 cm³/mol. The number of carbonyl (C=O) groups excluding carboxylic acids is 1. The molecule has 0 aliphatic heterocycles. The molecule has 1 aromatic heterocycles. The van der Waals surface area contributed by atoms with Crippen LogP contribution in [0.2, 0.25) is 0 Å². The molecule has 1 aliphatic carbocycles. The number of aromatic nitrogens is 1. The highest BCUT2D eigenvalue weighted by Gasteiger charge is 2.40.